The first-order valence-electron chi connectivity index (χ1n) is 6.61. The lowest BCUT2D eigenvalue weighted by atomic mass is 9.97. The summed E-state index contributed by atoms with van der Waals surface area (Å²) in [7, 11) is -4.20. The summed E-state index contributed by atoms with van der Waals surface area (Å²) in [6.07, 6.45) is -4.15. The van der Waals surface area contributed by atoms with E-state index in [-0.39, 0.29) is 12.0 Å². The number of piperidine rings is 1. The Labute approximate surface area is 121 Å². The largest absolute Gasteiger partial charge is 0.417 e. The first-order chi connectivity index (χ1) is 9.72. The minimum atomic E-state index is -4.70. The molecule has 0 spiro atoms. The lowest BCUT2D eigenvalue weighted by Crippen LogP contribution is -2.48. The molecule has 0 aromatic heterocycles. The minimum Gasteiger partial charge on any atom is -0.316 e. The van der Waals surface area contributed by atoms with E-state index in [4.69, 9.17) is 0 Å². The molecule has 0 saturated carbocycles. The number of benzene rings is 1. The Kier molecular flexibility index (Phi) is 4.60. The van der Waals surface area contributed by atoms with Gasteiger partial charge in [-0.2, -0.15) is 13.2 Å². The van der Waals surface area contributed by atoms with Crippen molar-refractivity contribution < 1.29 is 21.6 Å². The lowest BCUT2D eigenvalue weighted by molar-refractivity contribution is -0.139. The normalized spacial score (nSPS) is 24.0. The van der Waals surface area contributed by atoms with Crippen molar-refractivity contribution in [3.05, 3.63) is 29.8 Å². The van der Waals surface area contributed by atoms with Gasteiger partial charge >= 0.3 is 6.18 Å². The maximum Gasteiger partial charge on any atom is 0.417 e. The van der Waals surface area contributed by atoms with E-state index in [1.165, 1.54) is 12.1 Å². The average Bonchev–Trinajstić information content (AvgIpc) is 2.40. The molecule has 4 nitrogen and oxygen atoms in total. The molecule has 2 rings (SSSR count). The highest BCUT2D eigenvalue weighted by atomic mass is 32.2. The molecule has 1 aliphatic heterocycles. The smallest absolute Gasteiger partial charge is 0.316 e. The zero-order valence-electron chi connectivity index (χ0n) is 11.4. The van der Waals surface area contributed by atoms with Crippen LogP contribution in [0.5, 0.6) is 0 Å². The van der Waals surface area contributed by atoms with Crippen molar-refractivity contribution in [2.24, 2.45) is 5.92 Å². The second kappa shape index (κ2) is 5.94. The number of halogens is 3. The molecule has 1 saturated heterocycles. The summed E-state index contributed by atoms with van der Waals surface area (Å²) in [5.41, 5.74) is -1.14. The van der Waals surface area contributed by atoms with Crippen molar-refractivity contribution in [2.75, 3.05) is 13.1 Å². The predicted molar refractivity (Wildman–Crippen MR) is 72.2 cm³/mol. The van der Waals surface area contributed by atoms with Gasteiger partial charge in [-0.15, -0.1) is 0 Å². The molecule has 1 aliphatic rings. The summed E-state index contributed by atoms with van der Waals surface area (Å²) >= 11 is 0. The van der Waals surface area contributed by atoms with Crippen LogP contribution in [0.15, 0.2) is 29.2 Å². The van der Waals surface area contributed by atoms with Gasteiger partial charge in [-0.1, -0.05) is 19.1 Å². The summed E-state index contributed by atoms with van der Waals surface area (Å²) < 4.78 is 65.8. The maximum absolute atomic E-state index is 12.9. The Morgan fingerprint density at radius 1 is 1.29 bits per heavy atom. The summed E-state index contributed by atoms with van der Waals surface area (Å²) in [6, 6.07) is 3.86. The third kappa shape index (κ3) is 3.75. The Hall–Kier alpha value is -1.12. The first-order valence-corrected chi connectivity index (χ1v) is 8.09. The van der Waals surface area contributed by atoms with Crippen LogP contribution in [-0.2, 0) is 16.2 Å². The molecule has 0 bridgehead atoms. The van der Waals surface area contributed by atoms with Crippen LogP contribution in [0.1, 0.15) is 18.9 Å². The van der Waals surface area contributed by atoms with E-state index in [0.717, 1.165) is 12.1 Å². The number of alkyl halides is 3. The minimum absolute atomic E-state index is 0.0200. The van der Waals surface area contributed by atoms with Gasteiger partial charge in [-0.25, -0.2) is 13.1 Å². The monoisotopic (exact) mass is 322 g/mol. The van der Waals surface area contributed by atoms with Crippen molar-refractivity contribution in [3.63, 3.8) is 0 Å². The summed E-state index contributed by atoms with van der Waals surface area (Å²) in [5.74, 6) is 0.0200. The Morgan fingerprint density at radius 2 is 1.95 bits per heavy atom. The number of hydrogen-bond acceptors (Lipinski definition) is 3. The molecule has 8 heteroatoms. The van der Waals surface area contributed by atoms with Crippen molar-refractivity contribution >= 4 is 10.0 Å². The van der Waals surface area contributed by atoms with Crippen LogP contribution in [0.4, 0.5) is 13.2 Å². The quantitative estimate of drug-likeness (QED) is 0.895. The molecule has 2 atom stereocenters. The van der Waals surface area contributed by atoms with Crippen LogP contribution in [0.3, 0.4) is 0 Å². The molecule has 1 heterocycles. The van der Waals surface area contributed by atoms with E-state index in [1.807, 2.05) is 6.92 Å². The van der Waals surface area contributed by atoms with E-state index in [1.54, 1.807) is 0 Å². The molecule has 0 aliphatic carbocycles. The highest BCUT2D eigenvalue weighted by Crippen LogP contribution is 2.34. The second-order valence-corrected chi connectivity index (χ2v) is 6.87. The fourth-order valence-electron chi connectivity index (χ4n) is 2.39. The van der Waals surface area contributed by atoms with Crippen molar-refractivity contribution in [3.8, 4) is 0 Å². The van der Waals surface area contributed by atoms with Gasteiger partial charge in [0.2, 0.25) is 10.0 Å². The van der Waals surface area contributed by atoms with Crippen LogP contribution >= 0.6 is 0 Å². The SMILES string of the molecule is C[C@H]1CNCC[C@H]1NS(=O)(=O)c1ccccc1C(F)(F)F. The number of sulfonamides is 1. The molecular formula is C13H17F3N2O2S. The van der Waals surface area contributed by atoms with Crippen LogP contribution in [0, 0.1) is 5.92 Å². The zero-order valence-corrected chi connectivity index (χ0v) is 12.3. The van der Waals surface area contributed by atoms with Gasteiger partial charge in [0.1, 0.15) is 0 Å². The van der Waals surface area contributed by atoms with Gasteiger partial charge in [0.05, 0.1) is 10.5 Å². The first kappa shape index (κ1) is 16.3. The standard InChI is InChI=1S/C13H17F3N2O2S/c1-9-8-17-7-6-11(9)18-21(19,20)12-5-3-2-4-10(12)13(14,15)16/h2-5,9,11,17-18H,6-8H2,1H3/t9-,11+/m0/s1. The Morgan fingerprint density at radius 3 is 2.57 bits per heavy atom. The molecule has 2 N–H and O–H groups in total. The Bertz CT molecular complexity index is 602. The molecule has 0 amide bonds. The molecule has 1 aromatic carbocycles. The molecule has 1 aromatic rings. The Balaban J connectivity index is 2.32. The van der Waals surface area contributed by atoms with Gasteiger partial charge in [0.25, 0.3) is 0 Å². The second-order valence-electron chi connectivity index (χ2n) is 5.19. The van der Waals surface area contributed by atoms with Crippen LogP contribution < -0.4 is 10.0 Å². The fraction of sp³-hybridized carbons (Fsp3) is 0.538. The van der Waals surface area contributed by atoms with E-state index >= 15 is 0 Å². The van der Waals surface area contributed by atoms with Gasteiger partial charge in [0.15, 0.2) is 0 Å². The van der Waals surface area contributed by atoms with E-state index in [2.05, 4.69) is 10.0 Å². The summed E-state index contributed by atoms with van der Waals surface area (Å²) in [5, 5.41) is 3.11. The lowest BCUT2D eigenvalue weighted by Gasteiger charge is -2.30. The van der Waals surface area contributed by atoms with Gasteiger partial charge in [-0.3, -0.25) is 0 Å². The molecule has 118 valence electrons. The summed E-state index contributed by atoms with van der Waals surface area (Å²) in [4.78, 5) is -0.719. The van der Waals surface area contributed by atoms with Crippen LogP contribution in [-0.4, -0.2) is 27.5 Å². The molecule has 0 unspecified atom stereocenters. The highest BCUT2D eigenvalue weighted by molar-refractivity contribution is 7.89. The number of hydrogen-bond donors (Lipinski definition) is 2. The third-order valence-corrected chi connectivity index (χ3v) is 5.12. The molecular weight excluding hydrogens is 305 g/mol. The van der Waals surface area contributed by atoms with Gasteiger partial charge in [-0.05, 0) is 37.6 Å². The van der Waals surface area contributed by atoms with Gasteiger partial charge in [0, 0.05) is 6.04 Å². The van der Waals surface area contributed by atoms with Crippen molar-refractivity contribution in [1.82, 2.24) is 10.0 Å². The van der Waals surface area contributed by atoms with Gasteiger partial charge < -0.3 is 5.32 Å². The maximum atomic E-state index is 12.9. The van der Waals surface area contributed by atoms with Crippen LogP contribution in [0.2, 0.25) is 0 Å². The zero-order chi connectivity index (χ0) is 15.7. The number of rotatable bonds is 3. The van der Waals surface area contributed by atoms with Crippen molar-refractivity contribution in [1.29, 1.82) is 0 Å². The average molecular weight is 322 g/mol. The fourth-order valence-corrected chi connectivity index (χ4v) is 3.99. The highest BCUT2D eigenvalue weighted by Gasteiger charge is 2.38. The van der Waals surface area contributed by atoms with E-state index < -0.39 is 26.7 Å². The topological polar surface area (TPSA) is 58.2 Å². The van der Waals surface area contributed by atoms with Crippen molar-refractivity contribution in [2.45, 2.75) is 30.5 Å². The molecule has 0 radical (unpaired) electrons. The van der Waals surface area contributed by atoms with E-state index in [0.29, 0.717) is 19.5 Å². The van der Waals surface area contributed by atoms with E-state index in [9.17, 15) is 21.6 Å². The molecule has 21 heavy (non-hydrogen) atoms. The summed E-state index contributed by atoms with van der Waals surface area (Å²) in [6.45, 7) is 3.13. The molecule has 1 fully saturated rings. The third-order valence-electron chi connectivity index (χ3n) is 3.57. The van der Waals surface area contributed by atoms with Crippen LogP contribution in [0.25, 0.3) is 0 Å². The number of nitrogens with one attached hydrogen (secondary N) is 2. The predicted octanol–water partition coefficient (Wildman–Crippen LogP) is 1.98.